The maximum atomic E-state index is 13.8. The van der Waals surface area contributed by atoms with E-state index in [2.05, 4.69) is 15.6 Å². The fourth-order valence-electron chi connectivity index (χ4n) is 3.38. The van der Waals surface area contributed by atoms with Crippen molar-refractivity contribution >= 4 is 50.6 Å². The van der Waals surface area contributed by atoms with Gasteiger partial charge < -0.3 is 15.2 Å². The van der Waals surface area contributed by atoms with Crippen LogP contribution in [-0.4, -0.2) is 54.1 Å². The summed E-state index contributed by atoms with van der Waals surface area (Å²) in [5.74, 6) is -0.0873. The zero-order valence-electron chi connectivity index (χ0n) is 16.6. The van der Waals surface area contributed by atoms with Gasteiger partial charge in [-0.2, -0.15) is 8.42 Å². The molecule has 0 aliphatic carbocycles. The van der Waals surface area contributed by atoms with Crippen molar-refractivity contribution in [2.45, 2.75) is 18.1 Å². The van der Waals surface area contributed by atoms with Crippen molar-refractivity contribution in [3.63, 3.8) is 0 Å². The Morgan fingerprint density at radius 3 is 2.81 bits per heavy atom. The van der Waals surface area contributed by atoms with Crippen molar-refractivity contribution < 1.29 is 27.9 Å². The van der Waals surface area contributed by atoms with Gasteiger partial charge in [-0.15, -0.1) is 0 Å². The van der Waals surface area contributed by atoms with Crippen molar-refractivity contribution in [3.05, 3.63) is 47.7 Å². The van der Waals surface area contributed by atoms with Crippen LogP contribution in [0.15, 0.2) is 47.6 Å². The van der Waals surface area contributed by atoms with E-state index in [-0.39, 0.29) is 46.3 Å². The number of benzene rings is 1. The molecule has 3 N–H and O–H groups in total. The Balaban J connectivity index is 1.83. The number of nitrogens with one attached hydrogen (secondary N) is 2. The lowest BCUT2D eigenvalue weighted by molar-refractivity contribution is -0.119. The summed E-state index contributed by atoms with van der Waals surface area (Å²) in [5, 5.41) is 13.4. The molecule has 11 nitrogen and oxygen atoms in total. The quantitative estimate of drug-likeness (QED) is 0.509. The Kier molecular flexibility index (Phi) is 5.57. The minimum Gasteiger partial charge on any atom is -0.484 e. The summed E-state index contributed by atoms with van der Waals surface area (Å²) >= 11 is 6.22. The summed E-state index contributed by atoms with van der Waals surface area (Å²) in [4.78, 5) is 26.5. The summed E-state index contributed by atoms with van der Waals surface area (Å²) in [5.41, 5.74) is 0.627. The predicted octanol–water partition coefficient (Wildman–Crippen LogP) is 2.17. The van der Waals surface area contributed by atoms with E-state index < -0.39 is 22.2 Å². The first-order valence-corrected chi connectivity index (χ1v) is 11.2. The van der Waals surface area contributed by atoms with Crippen LogP contribution in [-0.2, 0) is 14.8 Å². The van der Waals surface area contributed by atoms with Gasteiger partial charge in [0.2, 0.25) is 5.91 Å². The van der Waals surface area contributed by atoms with Gasteiger partial charge in [0.1, 0.15) is 17.5 Å². The monoisotopic (exact) mass is 479 g/mol. The van der Waals surface area contributed by atoms with Crippen LogP contribution in [0.1, 0.15) is 6.92 Å². The average Bonchev–Trinajstić information content (AvgIpc) is 3.07. The van der Waals surface area contributed by atoms with Crippen molar-refractivity contribution in [2.75, 3.05) is 22.7 Å². The second kappa shape index (κ2) is 8.20. The lowest BCUT2D eigenvalue weighted by atomic mass is 10.2. The highest BCUT2D eigenvalue weighted by Crippen LogP contribution is 2.40. The first-order chi connectivity index (χ1) is 15.2. The maximum absolute atomic E-state index is 13.8. The summed E-state index contributed by atoms with van der Waals surface area (Å²) in [6.07, 6.45) is -0.471. The number of sulfonamides is 1. The molecule has 0 saturated heterocycles. The number of hydrogen-bond acceptors (Lipinski definition) is 6. The molecule has 1 aliphatic rings. The number of halogens is 1. The molecule has 0 bridgehead atoms. The third kappa shape index (κ3) is 4.01. The number of rotatable bonds is 5. The molecule has 3 aromatic rings. The number of imidazole rings is 1. The third-order valence-corrected chi connectivity index (χ3v) is 6.88. The molecular weight excluding hydrogens is 462 g/mol. The number of carboxylic acid groups (broad SMARTS) is 1. The molecule has 0 saturated carbocycles. The minimum absolute atomic E-state index is 0.0663. The molecule has 3 heterocycles. The van der Waals surface area contributed by atoms with Gasteiger partial charge in [0, 0.05) is 18.8 Å². The SMILES string of the molecule is CC(=O)NC[C@H]1CN(S(=O)(=O)c2c(Cl)nc3ccccn23)c2cc(NC(=O)O)ccc2O1. The lowest BCUT2D eigenvalue weighted by Crippen LogP contribution is -2.48. The Morgan fingerprint density at radius 2 is 2.09 bits per heavy atom. The number of amides is 2. The smallest absolute Gasteiger partial charge is 0.409 e. The van der Waals surface area contributed by atoms with Gasteiger partial charge in [-0.25, -0.2) is 9.78 Å². The second-order valence-corrected chi connectivity index (χ2v) is 9.10. The first-order valence-electron chi connectivity index (χ1n) is 9.37. The molecule has 168 valence electrons. The van der Waals surface area contributed by atoms with Crippen molar-refractivity contribution in [1.82, 2.24) is 14.7 Å². The number of anilines is 2. The van der Waals surface area contributed by atoms with E-state index >= 15 is 0 Å². The van der Waals surface area contributed by atoms with Gasteiger partial charge >= 0.3 is 6.09 Å². The van der Waals surface area contributed by atoms with Gasteiger partial charge in [0.15, 0.2) is 10.2 Å². The minimum atomic E-state index is -4.27. The number of carbonyl (C=O) groups is 2. The highest BCUT2D eigenvalue weighted by Gasteiger charge is 2.38. The molecule has 1 aromatic carbocycles. The highest BCUT2D eigenvalue weighted by molar-refractivity contribution is 7.92. The van der Waals surface area contributed by atoms with E-state index in [1.807, 2.05) is 0 Å². The van der Waals surface area contributed by atoms with Crippen LogP contribution in [0.4, 0.5) is 16.2 Å². The van der Waals surface area contributed by atoms with E-state index in [1.54, 1.807) is 18.2 Å². The van der Waals surface area contributed by atoms with Crippen LogP contribution < -0.4 is 19.7 Å². The molecule has 0 unspecified atom stereocenters. The molecule has 1 aliphatic heterocycles. The van der Waals surface area contributed by atoms with E-state index in [0.717, 1.165) is 4.31 Å². The van der Waals surface area contributed by atoms with E-state index in [1.165, 1.54) is 35.7 Å². The highest BCUT2D eigenvalue weighted by atomic mass is 35.5. The Morgan fingerprint density at radius 1 is 1.31 bits per heavy atom. The topological polar surface area (TPSA) is 142 Å². The van der Waals surface area contributed by atoms with Gasteiger partial charge in [-0.3, -0.25) is 18.8 Å². The van der Waals surface area contributed by atoms with Crippen LogP contribution >= 0.6 is 11.6 Å². The predicted molar refractivity (Wildman–Crippen MR) is 116 cm³/mol. The Labute approximate surface area is 187 Å². The average molecular weight is 480 g/mol. The standard InChI is InChI=1S/C19H18ClN5O6S/c1-11(26)21-9-13-10-25(14-8-12(22-19(27)28)5-6-15(14)31-13)32(29,30)18-17(20)23-16-4-2-3-7-24(16)18/h2-8,13,22H,9-10H2,1H3,(H,21,26)(H,27,28)/t13-/m0/s1. The summed E-state index contributed by atoms with van der Waals surface area (Å²) in [7, 11) is -4.27. The Hall–Kier alpha value is -3.51. The number of aromatic nitrogens is 2. The summed E-state index contributed by atoms with van der Waals surface area (Å²) in [6.45, 7) is 1.26. The van der Waals surface area contributed by atoms with Crippen LogP contribution in [0.3, 0.4) is 0 Å². The molecule has 0 radical (unpaired) electrons. The number of nitrogens with zero attached hydrogens (tertiary/aromatic N) is 3. The van der Waals surface area contributed by atoms with E-state index in [9.17, 15) is 18.0 Å². The molecule has 4 rings (SSSR count). The summed E-state index contributed by atoms with van der Waals surface area (Å²) < 4.78 is 35.8. The van der Waals surface area contributed by atoms with Gasteiger partial charge in [-0.1, -0.05) is 17.7 Å². The largest absolute Gasteiger partial charge is 0.484 e. The number of hydrogen-bond donors (Lipinski definition) is 3. The van der Waals surface area contributed by atoms with E-state index in [0.29, 0.717) is 5.65 Å². The zero-order chi connectivity index (χ0) is 23.0. The molecule has 2 amide bonds. The normalized spacial score (nSPS) is 15.7. The summed E-state index contributed by atoms with van der Waals surface area (Å²) in [6, 6.07) is 9.22. The van der Waals surface area contributed by atoms with Crippen LogP contribution in [0.2, 0.25) is 5.15 Å². The maximum Gasteiger partial charge on any atom is 0.409 e. The number of carbonyl (C=O) groups excluding carboxylic acids is 1. The molecule has 2 aromatic heterocycles. The van der Waals surface area contributed by atoms with Crippen molar-refractivity contribution in [2.24, 2.45) is 0 Å². The fourth-order valence-corrected chi connectivity index (χ4v) is 5.49. The van der Waals surface area contributed by atoms with Gasteiger partial charge in [0.25, 0.3) is 10.0 Å². The second-order valence-electron chi connectivity index (χ2n) is 6.96. The van der Waals surface area contributed by atoms with Crippen LogP contribution in [0.25, 0.3) is 5.65 Å². The van der Waals surface area contributed by atoms with Crippen LogP contribution in [0.5, 0.6) is 5.75 Å². The van der Waals surface area contributed by atoms with Gasteiger partial charge in [0.05, 0.1) is 18.8 Å². The molecule has 13 heteroatoms. The first kappa shape index (κ1) is 21.7. The van der Waals surface area contributed by atoms with Crippen LogP contribution in [0, 0.1) is 0 Å². The third-order valence-electron chi connectivity index (χ3n) is 4.70. The number of fused-ring (bicyclic) bond motifs is 2. The Bertz CT molecular complexity index is 1320. The molecular formula is C19H18ClN5O6S. The zero-order valence-corrected chi connectivity index (χ0v) is 18.2. The van der Waals surface area contributed by atoms with Crippen molar-refractivity contribution in [1.29, 1.82) is 0 Å². The fraction of sp³-hybridized carbons (Fsp3) is 0.211. The molecule has 0 fully saturated rings. The molecule has 1 atom stereocenters. The number of ether oxygens (including phenoxy) is 1. The number of pyridine rings is 1. The lowest BCUT2D eigenvalue weighted by Gasteiger charge is -2.35. The van der Waals surface area contributed by atoms with Gasteiger partial charge in [-0.05, 0) is 30.3 Å². The van der Waals surface area contributed by atoms with Crippen molar-refractivity contribution in [3.8, 4) is 5.75 Å². The molecule has 0 spiro atoms. The van der Waals surface area contributed by atoms with E-state index in [4.69, 9.17) is 21.4 Å². The molecule has 32 heavy (non-hydrogen) atoms.